The number of carbonyl (C=O) groups excluding carboxylic acids is 2. The lowest BCUT2D eigenvalue weighted by Crippen LogP contribution is -2.47. The van der Waals surface area contributed by atoms with E-state index in [-0.39, 0.29) is 18.5 Å². The van der Waals surface area contributed by atoms with Crippen molar-refractivity contribution in [1.29, 1.82) is 0 Å². The van der Waals surface area contributed by atoms with Crippen LogP contribution in [0, 0.1) is 5.92 Å². The lowest BCUT2D eigenvalue weighted by molar-refractivity contribution is -0.139. The van der Waals surface area contributed by atoms with Gasteiger partial charge in [0, 0.05) is 25.0 Å². The van der Waals surface area contributed by atoms with E-state index in [1.807, 2.05) is 0 Å². The van der Waals surface area contributed by atoms with Gasteiger partial charge < -0.3 is 14.4 Å². The number of rotatable bonds is 4. The Morgan fingerprint density at radius 3 is 2.34 bits per heavy atom. The van der Waals surface area contributed by atoms with E-state index in [2.05, 4.69) is 0 Å². The van der Waals surface area contributed by atoms with Crippen molar-refractivity contribution in [3.05, 3.63) is 23.5 Å². The van der Waals surface area contributed by atoms with Crippen LogP contribution in [0.5, 0.6) is 0 Å². The Balaban J connectivity index is 1.60. The first kappa shape index (κ1) is 20.2. The van der Waals surface area contributed by atoms with Crippen molar-refractivity contribution in [1.82, 2.24) is 14.4 Å². The summed E-state index contributed by atoms with van der Waals surface area (Å²) >= 11 is 0. The van der Waals surface area contributed by atoms with Gasteiger partial charge in [0.2, 0.25) is 5.67 Å². The van der Waals surface area contributed by atoms with Crippen LogP contribution < -0.4 is 0 Å². The van der Waals surface area contributed by atoms with Crippen LogP contribution in [0.1, 0.15) is 48.7 Å². The number of likely N-dealkylation sites (tertiary alicyclic amines) is 2. The number of amides is 2. The van der Waals surface area contributed by atoms with Crippen molar-refractivity contribution >= 4 is 11.8 Å². The SMILES string of the molecule is CC(C)n1cc(C(=O)N2C[C@@]3(F)CN(CC4CC4)C(=O)[C@@]3(F)C2)c(C(F)(F)F)c1. The minimum absolute atomic E-state index is 0.243. The number of halogens is 5. The Morgan fingerprint density at radius 1 is 1.17 bits per heavy atom. The number of nitrogens with zero attached hydrogens (tertiary/aromatic N) is 3. The van der Waals surface area contributed by atoms with Gasteiger partial charge in [0.1, 0.15) is 0 Å². The van der Waals surface area contributed by atoms with Crippen LogP contribution in [0.25, 0.3) is 0 Å². The number of hydrogen-bond acceptors (Lipinski definition) is 2. The van der Waals surface area contributed by atoms with Gasteiger partial charge in [-0.15, -0.1) is 0 Å². The molecule has 0 unspecified atom stereocenters. The van der Waals surface area contributed by atoms with Gasteiger partial charge in [-0.05, 0) is 32.6 Å². The predicted molar refractivity (Wildman–Crippen MR) is 92.7 cm³/mol. The van der Waals surface area contributed by atoms with Crippen LogP contribution in [0.4, 0.5) is 22.0 Å². The van der Waals surface area contributed by atoms with E-state index in [1.54, 1.807) is 13.8 Å². The van der Waals surface area contributed by atoms with E-state index in [0.717, 1.165) is 30.1 Å². The zero-order valence-corrected chi connectivity index (χ0v) is 16.1. The predicted octanol–water partition coefficient (Wildman–Crippen LogP) is 3.21. The maximum Gasteiger partial charge on any atom is 0.418 e. The van der Waals surface area contributed by atoms with Crippen molar-refractivity contribution in [2.75, 3.05) is 26.2 Å². The summed E-state index contributed by atoms with van der Waals surface area (Å²) in [5.41, 5.74) is -7.36. The molecule has 160 valence electrons. The topological polar surface area (TPSA) is 45.6 Å². The summed E-state index contributed by atoms with van der Waals surface area (Å²) in [5.74, 6) is -1.90. The molecular weight excluding hydrogens is 397 g/mol. The number of alkyl halides is 5. The molecule has 4 rings (SSSR count). The smallest absolute Gasteiger partial charge is 0.350 e. The monoisotopic (exact) mass is 419 g/mol. The summed E-state index contributed by atoms with van der Waals surface area (Å²) in [6, 6.07) is -0.340. The third-order valence-electron chi connectivity index (χ3n) is 6.07. The van der Waals surface area contributed by atoms with Crippen LogP contribution in [-0.2, 0) is 11.0 Å². The highest BCUT2D eigenvalue weighted by atomic mass is 19.4. The highest BCUT2D eigenvalue weighted by Crippen LogP contribution is 2.47. The van der Waals surface area contributed by atoms with Gasteiger partial charge in [-0.1, -0.05) is 0 Å². The third kappa shape index (κ3) is 3.11. The molecule has 3 heterocycles. The molecule has 3 aliphatic rings. The summed E-state index contributed by atoms with van der Waals surface area (Å²) in [7, 11) is 0. The van der Waals surface area contributed by atoms with Crippen molar-refractivity contribution in [3.63, 3.8) is 0 Å². The molecule has 0 spiro atoms. The van der Waals surface area contributed by atoms with Crippen LogP contribution in [0.2, 0.25) is 0 Å². The summed E-state index contributed by atoms with van der Waals surface area (Å²) in [4.78, 5) is 27.1. The average molecular weight is 419 g/mol. The molecule has 1 aliphatic carbocycles. The van der Waals surface area contributed by atoms with Crippen LogP contribution >= 0.6 is 0 Å². The van der Waals surface area contributed by atoms with E-state index >= 15 is 8.78 Å². The molecule has 2 saturated heterocycles. The lowest BCUT2D eigenvalue weighted by atomic mass is 9.93. The zero-order chi connectivity index (χ0) is 21.4. The zero-order valence-electron chi connectivity index (χ0n) is 16.1. The largest absolute Gasteiger partial charge is 0.418 e. The molecule has 5 nitrogen and oxygen atoms in total. The molecule has 2 atom stereocenters. The Hall–Kier alpha value is -2.13. The Bertz CT molecular complexity index is 863. The van der Waals surface area contributed by atoms with E-state index in [4.69, 9.17) is 0 Å². The summed E-state index contributed by atoms with van der Waals surface area (Å²) in [5, 5.41) is 0. The van der Waals surface area contributed by atoms with Gasteiger partial charge >= 0.3 is 6.18 Å². The summed E-state index contributed by atoms with van der Waals surface area (Å²) in [6.07, 6.45) is -1.13. The number of aromatic nitrogens is 1. The molecule has 0 N–H and O–H groups in total. The van der Waals surface area contributed by atoms with E-state index in [0.29, 0.717) is 4.90 Å². The Morgan fingerprint density at radius 2 is 1.83 bits per heavy atom. The molecule has 10 heteroatoms. The molecule has 1 saturated carbocycles. The van der Waals surface area contributed by atoms with E-state index < -0.39 is 60.1 Å². The van der Waals surface area contributed by atoms with Crippen LogP contribution in [-0.4, -0.2) is 63.7 Å². The number of hydrogen-bond donors (Lipinski definition) is 0. The first-order valence-corrected chi connectivity index (χ1v) is 9.61. The lowest BCUT2D eigenvalue weighted by Gasteiger charge is -2.23. The maximum atomic E-state index is 15.4. The van der Waals surface area contributed by atoms with Crippen molar-refractivity contribution in [2.45, 2.75) is 50.2 Å². The minimum atomic E-state index is -4.79. The normalized spacial score (nSPS) is 29.9. The molecular formula is C19H22F5N3O2. The number of fused-ring (bicyclic) bond motifs is 1. The quantitative estimate of drug-likeness (QED) is 0.704. The summed E-state index contributed by atoms with van der Waals surface area (Å²) in [6.45, 7) is 1.46. The van der Waals surface area contributed by atoms with Crippen molar-refractivity contribution < 1.29 is 31.5 Å². The fourth-order valence-electron chi connectivity index (χ4n) is 4.19. The van der Waals surface area contributed by atoms with Gasteiger partial charge in [0.15, 0.2) is 5.67 Å². The van der Waals surface area contributed by atoms with Crippen molar-refractivity contribution in [3.8, 4) is 0 Å². The number of carbonyl (C=O) groups is 2. The van der Waals surface area contributed by atoms with Crippen LogP contribution in [0.3, 0.4) is 0 Å². The Labute approximate surface area is 164 Å². The van der Waals surface area contributed by atoms with Gasteiger partial charge in [-0.3, -0.25) is 9.59 Å². The fraction of sp³-hybridized carbons (Fsp3) is 0.684. The fourth-order valence-corrected chi connectivity index (χ4v) is 4.19. The first-order valence-electron chi connectivity index (χ1n) is 9.61. The summed E-state index contributed by atoms with van der Waals surface area (Å²) < 4.78 is 72.2. The molecule has 2 amide bonds. The van der Waals surface area contributed by atoms with Gasteiger partial charge in [-0.2, -0.15) is 13.2 Å². The van der Waals surface area contributed by atoms with Crippen LogP contribution in [0.15, 0.2) is 12.4 Å². The second-order valence-electron chi connectivity index (χ2n) is 8.68. The van der Waals surface area contributed by atoms with E-state index in [1.165, 1.54) is 4.57 Å². The standard InChI is InChI=1S/C19H22F5N3O2/c1-11(2)25-6-13(14(7-25)19(22,23)24)15(28)27-9-17(20)8-26(5-12-3-4-12)16(29)18(17,21)10-27/h6-7,11-12H,3-5,8-10H2,1-2H3/t17-,18-/m0/s1. The second-order valence-corrected chi connectivity index (χ2v) is 8.68. The molecule has 0 aromatic carbocycles. The Kier molecular flexibility index (Phi) is 4.30. The molecule has 3 fully saturated rings. The second kappa shape index (κ2) is 6.18. The van der Waals surface area contributed by atoms with Gasteiger partial charge in [0.25, 0.3) is 11.8 Å². The molecule has 1 aromatic heterocycles. The average Bonchev–Trinajstić information content (AvgIpc) is 3.17. The molecule has 0 radical (unpaired) electrons. The molecule has 2 aliphatic heterocycles. The van der Waals surface area contributed by atoms with Gasteiger partial charge in [-0.25, -0.2) is 8.78 Å². The third-order valence-corrected chi connectivity index (χ3v) is 6.07. The maximum absolute atomic E-state index is 15.4. The first-order chi connectivity index (χ1) is 13.4. The van der Waals surface area contributed by atoms with Gasteiger partial charge in [0.05, 0.1) is 30.8 Å². The molecule has 29 heavy (non-hydrogen) atoms. The van der Waals surface area contributed by atoms with Crippen molar-refractivity contribution in [2.24, 2.45) is 5.92 Å². The molecule has 1 aromatic rings. The highest BCUT2D eigenvalue weighted by molar-refractivity contribution is 5.98. The van der Waals surface area contributed by atoms with E-state index in [9.17, 15) is 22.8 Å². The molecule has 0 bridgehead atoms. The minimum Gasteiger partial charge on any atom is -0.350 e. The highest BCUT2D eigenvalue weighted by Gasteiger charge is 2.72.